The van der Waals surface area contributed by atoms with Crippen LogP contribution in [0.15, 0.2) is 91.0 Å². The number of ether oxygens (including phenoxy) is 5. The normalized spacial score (nSPS) is 11.9. The predicted molar refractivity (Wildman–Crippen MR) is 202 cm³/mol. The fraction of sp³-hybridized carbons (Fsp3) is 0.317. The Hall–Kier alpha value is -4.71. The second-order valence-corrected chi connectivity index (χ2v) is 13.3. The topological polar surface area (TPSA) is 114 Å². The summed E-state index contributed by atoms with van der Waals surface area (Å²) in [6.45, 7) is 8.55. The predicted octanol–water partition coefficient (Wildman–Crippen LogP) is 9.49. The van der Waals surface area contributed by atoms with Gasteiger partial charge < -0.3 is 23.7 Å². The molecule has 0 amide bonds. The average Bonchev–Trinajstić information content (AvgIpc) is 3.14. The minimum Gasteiger partial charge on any atom is -0.492 e. The van der Waals surface area contributed by atoms with Gasteiger partial charge in [0, 0.05) is 0 Å². The van der Waals surface area contributed by atoms with Gasteiger partial charge in [-0.2, -0.15) is 0 Å². The lowest BCUT2D eigenvalue weighted by atomic mass is 10.0. The van der Waals surface area contributed by atoms with Gasteiger partial charge in [-0.25, -0.2) is 19.2 Å². The van der Waals surface area contributed by atoms with Crippen LogP contribution in [-0.4, -0.2) is 43.2 Å². The van der Waals surface area contributed by atoms with Gasteiger partial charge >= 0.3 is 23.9 Å². The van der Waals surface area contributed by atoms with Gasteiger partial charge in [0.05, 0.1) is 33.5 Å². The molecule has 0 N–H and O–H groups in total. The summed E-state index contributed by atoms with van der Waals surface area (Å²) in [7, 11) is 0. The molecule has 0 aliphatic rings. The smallest absolute Gasteiger partial charge is 0.347 e. The van der Waals surface area contributed by atoms with Crippen molar-refractivity contribution >= 4 is 46.5 Å². The first-order chi connectivity index (χ1) is 24.6. The number of hydrogen-bond donors (Lipinski definition) is 0. The van der Waals surface area contributed by atoms with Crippen molar-refractivity contribution in [3.63, 3.8) is 0 Å². The standard InChI is InChI=1S/C41H43IO9/c1-5-7-8-9-24-47-37-23-18-33(25-36(37)42)29-10-12-30(13-11-29)40(45)50-35-21-16-32(17-22-35)41(46)51-34-19-14-31(15-20-34)39(44)49-28(4)38(43)48-26-27(3)6-2/h10-23,25,27-28H,5-9,24,26H2,1-4H3. The summed E-state index contributed by atoms with van der Waals surface area (Å²) < 4.78 is 28.3. The van der Waals surface area contributed by atoms with Crippen LogP contribution in [0.2, 0.25) is 0 Å². The summed E-state index contributed by atoms with van der Waals surface area (Å²) in [5.41, 5.74) is 2.77. The molecule has 268 valence electrons. The Bertz CT molecular complexity index is 1770. The molecular formula is C41H43IO9. The summed E-state index contributed by atoms with van der Waals surface area (Å²) in [6.07, 6.45) is 4.42. The molecule has 4 aromatic rings. The fourth-order valence-electron chi connectivity index (χ4n) is 4.69. The van der Waals surface area contributed by atoms with Crippen molar-refractivity contribution in [1.29, 1.82) is 0 Å². The molecule has 0 aliphatic carbocycles. The largest absolute Gasteiger partial charge is 0.492 e. The van der Waals surface area contributed by atoms with Gasteiger partial charge in [0.1, 0.15) is 17.2 Å². The molecule has 10 heteroatoms. The fourth-order valence-corrected chi connectivity index (χ4v) is 5.36. The molecule has 0 aromatic heterocycles. The van der Waals surface area contributed by atoms with Gasteiger partial charge in [-0.05, 0) is 126 Å². The summed E-state index contributed by atoms with van der Waals surface area (Å²) in [5.74, 6) is -0.951. The van der Waals surface area contributed by atoms with Crippen LogP contribution in [0.3, 0.4) is 0 Å². The molecule has 0 spiro atoms. The first-order valence-electron chi connectivity index (χ1n) is 17.1. The van der Waals surface area contributed by atoms with E-state index in [1.807, 2.05) is 38.1 Å². The second-order valence-electron chi connectivity index (χ2n) is 12.2. The Morgan fingerprint density at radius 2 is 1.18 bits per heavy atom. The van der Waals surface area contributed by atoms with Crippen LogP contribution < -0.4 is 14.2 Å². The van der Waals surface area contributed by atoms with E-state index in [-0.39, 0.29) is 35.2 Å². The number of esters is 4. The average molecular weight is 807 g/mol. The Morgan fingerprint density at radius 1 is 0.647 bits per heavy atom. The number of carbonyl (C=O) groups excluding carboxylic acids is 4. The zero-order chi connectivity index (χ0) is 36.8. The Kier molecular flexibility index (Phi) is 15.0. The number of halogens is 1. The van der Waals surface area contributed by atoms with Gasteiger partial charge in [-0.3, -0.25) is 0 Å². The van der Waals surface area contributed by atoms with Crippen molar-refractivity contribution in [3.8, 4) is 28.4 Å². The molecule has 0 bridgehead atoms. The Morgan fingerprint density at radius 3 is 1.71 bits per heavy atom. The quantitative estimate of drug-likeness (QED) is 0.0446. The lowest BCUT2D eigenvalue weighted by Gasteiger charge is -2.15. The Labute approximate surface area is 312 Å². The number of rotatable bonds is 17. The van der Waals surface area contributed by atoms with Crippen LogP contribution in [0.5, 0.6) is 17.2 Å². The molecule has 0 heterocycles. The van der Waals surface area contributed by atoms with E-state index in [9.17, 15) is 19.2 Å². The summed E-state index contributed by atoms with van der Waals surface area (Å²) >= 11 is 2.28. The first kappa shape index (κ1) is 39.1. The molecule has 2 atom stereocenters. The van der Waals surface area contributed by atoms with Crippen molar-refractivity contribution in [1.82, 2.24) is 0 Å². The van der Waals surface area contributed by atoms with E-state index in [0.717, 1.165) is 33.3 Å². The second kappa shape index (κ2) is 19.6. The maximum atomic E-state index is 12.8. The number of benzene rings is 4. The lowest BCUT2D eigenvalue weighted by Crippen LogP contribution is -2.27. The van der Waals surface area contributed by atoms with Crippen LogP contribution in [0, 0.1) is 9.49 Å². The van der Waals surface area contributed by atoms with Gasteiger partial charge in [-0.1, -0.05) is 64.7 Å². The van der Waals surface area contributed by atoms with Gasteiger partial charge in [0.25, 0.3) is 0 Å². The van der Waals surface area contributed by atoms with E-state index in [0.29, 0.717) is 12.2 Å². The SMILES string of the molecule is CCCCCCOc1ccc(-c2ccc(C(=O)Oc3ccc(C(=O)Oc4ccc(C(=O)OC(C)C(=O)OCC(C)CC)cc4)cc3)cc2)cc1I. The third-order valence-corrected chi connectivity index (χ3v) is 8.91. The molecule has 51 heavy (non-hydrogen) atoms. The van der Waals surface area contributed by atoms with E-state index >= 15 is 0 Å². The summed E-state index contributed by atoms with van der Waals surface area (Å²) in [4.78, 5) is 50.1. The maximum absolute atomic E-state index is 12.8. The van der Waals surface area contributed by atoms with Crippen molar-refractivity contribution in [2.24, 2.45) is 5.92 Å². The highest BCUT2D eigenvalue weighted by molar-refractivity contribution is 14.1. The molecule has 0 aliphatic heterocycles. The van der Waals surface area contributed by atoms with E-state index in [1.54, 1.807) is 12.1 Å². The van der Waals surface area contributed by atoms with E-state index in [1.165, 1.54) is 74.7 Å². The molecule has 0 saturated heterocycles. The van der Waals surface area contributed by atoms with E-state index in [2.05, 4.69) is 35.6 Å². The zero-order valence-electron chi connectivity index (χ0n) is 29.3. The summed E-state index contributed by atoms with van der Waals surface area (Å²) in [5, 5.41) is 0. The van der Waals surface area contributed by atoms with Crippen molar-refractivity contribution in [3.05, 3.63) is 111 Å². The molecule has 2 unspecified atom stereocenters. The van der Waals surface area contributed by atoms with Crippen molar-refractivity contribution < 1.29 is 42.9 Å². The lowest BCUT2D eigenvalue weighted by molar-refractivity contribution is -0.154. The third kappa shape index (κ3) is 11.9. The molecular weight excluding hydrogens is 763 g/mol. The van der Waals surface area contributed by atoms with Crippen LogP contribution in [0.1, 0.15) is 90.9 Å². The molecule has 0 saturated carbocycles. The third-order valence-electron chi connectivity index (χ3n) is 8.07. The van der Waals surface area contributed by atoms with Crippen LogP contribution in [-0.2, 0) is 14.3 Å². The molecule has 0 radical (unpaired) electrons. The van der Waals surface area contributed by atoms with Gasteiger partial charge in [0.15, 0.2) is 6.10 Å². The molecule has 9 nitrogen and oxygen atoms in total. The van der Waals surface area contributed by atoms with Crippen molar-refractivity contribution in [2.75, 3.05) is 13.2 Å². The highest BCUT2D eigenvalue weighted by Gasteiger charge is 2.21. The highest BCUT2D eigenvalue weighted by Crippen LogP contribution is 2.29. The van der Waals surface area contributed by atoms with Crippen LogP contribution >= 0.6 is 22.6 Å². The molecule has 4 rings (SSSR count). The minimum absolute atomic E-state index is 0.180. The highest BCUT2D eigenvalue weighted by atomic mass is 127. The molecule has 4 aromatic carbocycles. The maximum Gasteiger partial charge on any atom is 0.347 e. The van der Waals surface area contributed by atoms with Gasteiger partial charge in [-0.15, -0.1) is 0 Å². The number of carbonyl (C=O) groups is 4. The number of hydrogen-bond acceptors (Lipinski definition) is 9. The van der Waals surface area contributed by atoms with E-state index in [4.69, 9.17) is 23.7 Å². The van der Waals surface area contributed by atoms with Crippen LogP contribution in [0.4, 0.5) is 0 Å². The molecule has 0 fully saturated rings. The minimum atomic E-state index is -1.06. The van der Waals surface area contributed by atoms with Crippen molar-refractivity contribution in [2.45, 2.75) is 65.9 Å². The summed E-state index contributed by atoms with van der Waals surface area (Å²) in [6, 6.07) is 25.0. The number of unbranched alkanes of at least 4 members (excludes halogenated alkanes) is 3. The van der Waals surface area contributed by atoms with E-state index < -0.39 is 30.0 Å². The Balaban J connectivity index is 1.25. The van der Waals surface area contributed by atoms with Gasteiger partial charge in [0.2, 0.25) is 0 Å². The first-order valence-corrected chi connectivity index (χ1v) is 18.2. The zero-order valence-corrected chi connectivity index (χ0v) is 31.5. The monoisotopic (exact) mass is 806 g/mol. The van der Waals surface area contributed by atoms with Crippen LogP contribution in [0.25, 0.3) is 11.1 Å².